The SMILES string of the molecule is N[C@@H](CNC(=O)CCc1ccccc1)[C@@H](O)c1ccc([N+](=O)[O-])cc1. The highest BCUT2D eigenvalue weighted by atomic mass is 16.6. The standard InChI is InChI=1S/C18H21N3O4/c19-16(18(23)14-7-9-15(10-8-14)21(24)25)12-20-17(22)11-6-13-4-2-1-3-5-13/h1-5,7-10,16,18,23H,6,11-12,19H2,(H,20,22)/t16-,18-/m0/s1. The molecule has 0 bridgehead atoms. The van der Waals surface area contributed by atoms with Crippen molar-refractivity contribution in [2.75, 3.05) is 6.54 Å². The summed E-state index contributed by atoms with van der Waals surface area (Å²) in [6.45, 7) is 0.117. The Morgan fingerprint density at radius 3 is 2.40 bits per heavy atom. The molecule has 7 nitrogen and oxygen atoms in total. The lowest BCUT2D eigenvalue weighted by Gasteiger charge is -2.19. The maximum Gasteiger partial charge on any atom is 0.269 e. The van der Waals surface area contributed by atoms with E-state index in [1.54, 1.807) is 0 Å². The van der Waals surface area contributed by atoms with E-state index in [2.05, 4.69) is 5.32 Å². The van der Waals surface area contributed by atoms with Gasteiger partial charge in [0.05, 0.1) is 17.1 Å². The molecule has 0 spiro atoms. The van der Waals surface area contributed by atoms with Crippen molar-refractivity contribution in [3.8, 4) is 0 Å². The van der Waals surface area contributed by atoms with Crippen molar-refractivity contribution in [2.24, 2.45) is 5.73 Å². The Bertz CT molecular complexity index is 704. The van der Waals surface area contributed by atoms with E-state index < -0.39 is 17.1 Å². The summed E-state index contributed by atoms with van der Waals surface area (Å²) < 4.78 is 0. The number of carbonyl (C=O) groups excluding carboxylic acids is 1. The minimum atomic E-state index is -1.02. The number of hydrogen-bond acceptors (Lipinski definition) is 5. The van der Waals surface area contributed by atoms with E-state index in [0.29, 0.717) is 18.4 Å². The van der Waals surface area contributed by atoms with Crippen molar-refractivity contribution in [2.45, 2.75) is 25.0 Å². The molecule has 2 rings (SSSR count). The normalized spacial score (nSPS) is 13.0. The summed E-state index contributed by atoms with van der Waals surface area (Å²) in [5.74, 6) is -0.143. The Labute approximate surface area is 145 Å². The van der Waals surface area contributed by atoms with Crippen LogP contribution >= 0.6 is 0 Å². The second-order valence-corrected chi connectivity index (χ2v) is 5.75. The lowest BCUT2D eigenvalue weighted by atomic mass is 10.0. The smallest absolute Gasteiger partial charge is 0.269 e. The first-order chi connectivity index (χ1) is 12.0. The molecule has 0 heterocycles. The number of nitro groups is 1. The molecule has 0 saturated heterocycles. The highest BCUT2D eigenvalue weighted by molar-refractivity contribution is 5.76. The summed E-state index contributed by atoms with van der Waals surface area (Å²) in [6, 6.07) is 14.5. The van der Waals surface area contributed by atoms with Crippen molar-refractivity contribution in [1.82, 2.24) is 5.32 Å². The van der Waals surface area contributed by atoms with Crippen LogP contribution in [-0.2, 0) is 11.2 Å². The highest BCUT2D eigenvalue weighted by Gasteiger charge is 2.18. The molecule has 4 N–H and O–H groups in total. The number of nitrogens with zero attached hydrogens (tertiary/aromatic N) is 1. The summed E-state index contributed by atoms with van der Waals surface area (Å²) >= 11 is 0. The van der Waals surface area contributed by atoms with Crippen LogP contribution in [0.5, 0.6) is 0 Å². The molecule has 2 atom stereocenters. The van der Waals surface area contributed by atoms with Crippen LogP contribution < -0.4 is 11.1 Å². The van der Waals surface area contributed by atoms with Crippen LogP contribution in [0.15, 0.2) is 54.6 Å². The molecular formula is C18H21N3O4. The monoisotopic (exact) mass is 343 g/mol. The highest BCUT2D eigenvalue weighted by Crippen LogP contribution is 2.19. The fraction of sp³-hybridized carbons (Fsp3) is 0.278. The molecule has 25 heavy (non-hydrogen) atoms. The van der Waals surface area contributed by atoms with Gasteiger partial charge >= 0.3 is 0 Å². The first-order valence-corrected chi connectivity index (χ1v) is 7.96. The summed E-state index contributed by atoms with van der Waals surface area (Å²) in [5, 5.41) is 23.5. The van der Waals surface area contributed by atoms with Gasteiger partial charge in [0.1, 0.15) is 0 Å². The van der Waals surface area contributed by atoms with Crippen molar-refractivity contribution in [3.63, 3.8) is 0 Å². The third kappa shape index (κ3) is 5.66. The van der Waals surface area contributed by atoms with Crippen LogP contribution in [0, 0.1) is 10.1 Å². The van der Waals surface area contributed by atoms with Gasteiger partial charge in [-0.2, -0.15) is 0 Å². The molecule has 0 aliphatic carbocycles. The van der Waals surface area contributed by atoms with Gasteiger partial charge in [0.15, 0.2) is 0 Å². The molecule has 0 fully saturated rings. The largest absolute Gasteiger partial charge is 0.387 e. The topological polar surface area (TPSA) is 118 Å². The second-order valence-electron chi connectivity index (χ2n) is 5.75. The molecule has 2 aromatic carbocycles. The van der Waals surface area contributed by atoms with E-state index in [1.165, 1.54) is 24.3 Å². The van der Waals surface area contributed by atoms with Gasteiger partial charge in [-0.1, -0.05) is 30.3 Å². The molecular weight excluding hydrogens is 322 g/mol. The third-order valence-corrected chi connectivity index (χ3v) is 3.87. The van der Waals surface area contributed by atoms with E-state index in [9.17, 15) is 20.0 Å². The number of nitrogens with one attached hydrogen (secondary N) is 1. The van der Waals surface area contributed by atoms with Crippen LogP contribution in [0.2, 0.25) is 0 Å². The number of aliphatic hydroxyl groups excluding tert-OH is 1. The maximum absolute atomic E-state index is 11.9. The van der Waals surface area contributed by atoms with Crippen LogP contribution in [0.1, 0.15) is 23.7 Å². The predicted molar refractivity (Wildman–Crippen MR) is 93.8 cm³/mol. The van der Waals surface area contributed by atoms with Crippen molar-refractivity contribution in [1.29, 1.82) is 0 Å². The van der Waals surface area contributed by atoms with E-state index in [-0.39, 0.29) is 18.1 Å². The Morgan fingerprint density at radius 1 is 1.16 bits per heavy atom. The van der Waals surface area contributed by atoms with Gasteiger partial charge < -0.3 is 16.2 Å². The Balaban J connectivity index is 1.79. The first-order valence-electron chi connectivity index (χ1n) is 7.96. The van der Waals surface area contributed by atoms with Gasteiger partial charge in [-0.15, -0.1) is 0 Å². The van der Waals surface area contributed by atoms with E-state index in [4.69, 9.17) is 5.73 Å². The summed E-state index contributed by atoms with van der Waals surface area (Å²) in [4.78, 5) is 22.0. The summed E-state index contributed by atoms with van der Waals surface area (Å²) in [5.41, 5.74) is 7.39. The zero-order chi connectivity index (χ0) is 18.2. The predicted octanol–water partition coefficient (Wildman–Crippen LogP) is 1.70. The molecule has 0 aliphatic rings. The summed E-state index contributed by atoms with van der Waals surface area (Å²) in [6.07, 6.45) is -0.0489. The molecule has 0 radical (unpaired) electrons. The number of amides is 1. The number of rotatable bonds is 8. The quantitative estimate of drug-likeness (QED) is 0.498. The maximum atomic E-state index is 11.9. The van der Waals surface area contributed by atoms with Gasteiger partial charge in [-0.3, -0.25) is 14.9 Å². The molecule has 1 amide bonds. The second kappa shape index (κ2) is 8.91. The number of nitrogens with two attached hydrogens (primary N) is 1. The zero-order valence-corrected chi connectivity index (χ0v) is 13.7. The van der Waals surface area contributed by atoms with Gasteiger partial charge in [0.25, 0.3) is 5.69 Å². The van der Waals surface area contributed by atoms with Gasteiger partial charge in [-0.25, -0.2) is 0 Å². The van der Waals surface area contributed by atoms with E-state index in [1.807, 2.05) is 30.3 Å². The van der Waals surface area contributed by atoms with Crippen molar-refractivity contribution in [3.05, 3.63) is 75.8 Å². The van der Waals surface area contributed by atoms with Gasteiger partial charge in [0.2, 0.25) is 5.91 Å². The number of aliphatic hydroxyl groups is 1. The number of nitro benzene ring substituents is 1. The van der Waals surface area contributed by atoms with Crippen LogP contribution in [0.25, 0.3) is 0 Å². The minimum Gasteiger partial charge on any atom is -0.387 e. The van der Waals surface area contributed by atoms with Crippen LogP contribution in [0.3, 0.4) is 0 Å². The fourth-order valence-corrected chi connectivity index (χ4v) is 2.37. The number of aryl methyl sites for hydroxylation is 1. The Kier molecular flexibility index (Phi) is 6.62. The first kappa shape index (κ1) is 18.6. The van der Waals surface area contributed by atoms with Crippen LogP contribution in [-0.4, -0.2) is 28.5 Å². The average Bonchev–Trinajstić information content (AvgIpc) is 2.64. The molecule has 0 saturated carbocycles. The lowest BCUT2D eigenvalue weighted by Crippen LogP contribution is -2.41. The number of carbonyl (C=O) groups is 1. The molecule has 7 heteroatoms. The molecule has 2 aromatic rings. The molecule has 0 aromatic heterocycles. The molecule has 132 valence electrons. The van der Waals surface area contributed by atoms with E-state index in [0.717, 1.165) is 5.56 Å². The van der Waals surface area contributed by atoms with E-state index >= 15 is 0 Å². The third-order valence-electron chi connectivity index (χ3n) is 3.87. The molecule has 0 aliphatic heterocycles. The number of hydrogen-bond donors (Lipinski definition) is 3. The average molecular weight is 343 g/mol. The van der Waals surface area contributed by atoms with Gasteiger partial charge in [0, 0.05) is 25.1 Å². The number of benzene rings is 2. The minimum absolute atomic E-state index is 0.0567. The summed E-state index contributed by atoms with van der Waals surface area (Å²) in [7, 11) is 0. The Morgan fingerprint density at radius 2 is 1.80 bits per heavy atom. The fourth-order valence-electron chi connectivity index (χ4n) is 2.37. The zero-order valence-electron chi connectivity index (χ0n) is 13.7. The van der Waals surface area contributed by atoms with Gasteiger partial charge in [-0.05, 0) is 29.7 Å². The van der Waals surface area contributed by atoms with Crippen molar-refractivity contribution >= 4 is 11.6 Å². The Hall–Kier alpha value is -2.77. The van der Waals surface area contributed by atoms with Crippen molar-refractivity contribution < 1.29 is 14.8 Å². The number of non-ortho nitro benzene ring substituents is 1. The van der Waals surface area contributed by atoms with Crippen LogP contribution in [0.4, 0.5) is 5.69 Å². The molecule has 0 unspecified atom stereocenters. The lowest BCUT2D eigenvalue weighted by molar-refractivity contribution is -0.384.